The van der Waals surface area contributed by atoms with Gasteiger partial charge in [-0.1, -0.05) is 115 Å². The van der Waals surface area contributed by atoms with E-state index in [0.29, 0.717) is 0 Å². The van der Waals surface area contributed by atoms with E-state index in [1.54, 1.807) is 0 Å². The Bertz CT molecular complexity index is 2230. The van der Waals surface area contributed by atoms with Gasteiger partial charge >= 0.3 is 0 Å². The maximum Gasteiger partial charge on any atom is 0.0973 e. The van der Waals surface area contributed by atoms with Crippen molar-refractivity contribution in [1.29, 1.82) is 0 Å². The smallest absolute Gasteiger partial charge is 0.0973 e. The first-order valence-electron chi connectivity index (χ1n) is 14.5. The quantitative estimate of drug-likeness (QED) is 0.205. The molecule has 0 bridgehead atoms. The molecule has 0 amide bonds. The zero-order chi connectivity index (χ0) is 28.8. The van der Waals surface area contributed by atoms with Crippen LogP contribution in [0.2, 0.25) is 0 Å². The topological polar surface area (TPSA) is 38.7 Å². The third-order valence-electron chi connectivity index (χ3n) is 8.16. The van der Waals surface area contributed by atoms with Crippen molar-refractivity contribution >= 4 is 32.6 Å². The highest BCUT2D eigenvalue weighted by Crippen LogP contribution is 2.44. The van der Waals surface area contributed by atoms with E-state index < -0.39 is 0 Å². The molecule has 0 saturated carbocycles. The predicted octanol–water partition coefficient (Wildman–Crippen LogP) is 10.3. The first-order chi connectivity index (χ1) is 21.2. The zero-order valence-corrected chi connectivity index (χ0v) is 23.7. The first kappa shape index (κ1) is 25.1. The third-order valence-corrected chi connectivity index (χ3v) is 8.16. The van der Waals surface area contributed by atoms with Crippen molar-refractivity contribution in [3.63, 3.8) is 0 Å². The summed E-state index contributed by atoms with van der Waals surface area (Å²) in [5.74, 6) is 0. The molecule has 3 heteroatoms. The van der Waals surface area contributed by atoms with Crippen LogP contribution in [0.25, 0.3) is 77.3 Å². The van der Waals surface area contributed by atoms with Crippen LogP contribution in [0, 0.1) is 6.92 Å². The molecular formula is C40H27N3. The van der Waals surface area contributed by atoms with Gasteiger partial charge < -0.3 is 0 Å². The van der Waals surface area contributed by atoms with Crippen LogP contribution in [0.3, 0.4) is 0 Å². The highest BCUT2D eigenvalue weighted by molar-refractivity contribution is 6.21. The second-order valence-electron chi connectivity index (χ2n) is 10.9. The number of aryl methyl sites for hydroxylation is 1. The van der Waals surface area contributed by atoms with E-state index in [2.05, 4.69) is 103 Å². The molecule has 0 atom stereocenters. The number of nitrogens with zero attached hydrogens (tertiary/aromatic N) is 3. The minimum atomic E-state index is 0.883. The largest absolute Gasteiger partial charge is 0.264 e. The van der Waals surface area contributed by atoms with Crippen molar-refractivity contribution in [2.45, 2.75) is 6.92 Å². The van der Waals surface area contributed by atoms with Crippen LogP contribution in [0.5, 0.6) is 0 Å². The predicted molar refractivity (Wildman–Crippen MR) is 179 cm³/mol. The molecule has 0 radical (unpaired) electrons. The summed E-state index contributed by atoms with van der Waals surface area (Å²) in [7, 11) is 0. The highest BCUT2D eigenvalue weighted by atomic mass is 14.8. The van der Waals surface area contributed by atoms with E-state index in [4.69, 9.17) is 9.97 Å². The van der Waals surface area contributed by atoms with Crippen LogP contribution < -0.4 is 0 Å². The van der Waals surface area contributed by atoms with Gasteiger partial charge in [-0.25, -0.2) is 9.97 Å². The maximum absolute atomic E-state index is 5.11. The van der Waals surface area contributed by atoms with Crippen LogP contribution in [0.1, 0.15) is 5.56 Å². The lowest BCUT2D eigenvalue weighted by Crippen LogP contribution is -1.95. The van der Waals surface area contributed by atoms with E-state index >= 15 is 0 Å². The monoisotopic (exact) mass is 549 g/mol. The molecule has 0 N–H and O–H groups in total. The van der Waals surface area contributed by atoms with Crippen molar-refractivity contribution in [3.8, 4) is 44.8 Å². The van der Waals surface area contributed by atoms with Crippen molar-refractivity contribution < 1.29 is 0 Å². The van der Waals surface area contributed by atoms with Gasteiger partial charge in [-0.2, -0.15) is 0 Å². The van der Waals surface area contributed by atoms with Gasteiger partial charge in [0.2, 0.25) is 0 Å². The van der Waals surface area contributed by atoms with Crippen molar-refractivity contribution in [3.05, 3.63) is 151 Å². The fourth-order valence-corrected chi connectivity index (χ4v) is 6.24. The Labute approximate surface area is 250 Å². The van der Waals surface area contributed by atoms with E-state index in [9.17, 15) is 0 Å². The van der Waals surface area contributed by atoms with Gasteiger partial charge in [-0.3, -0.25) is 4.98 Å². The lowest BCUT2D eigenvalue weighted by atomic mass is 9.86. The molecule has 2 heterocycles. The standard InChI is InChI=1S/C40H27N3/c1-26-23-30(25-41-24-26)38-33-15-7-5-13-31(33)37(32-14-6-8-16-34(32)38)27-19-21-29(22-20-27)40-39(28-11-3-2-4-12-28)42-35-17-9-10-18-36(35)43-40/h2-25H,1H3. The summed E-state index contributed by atoms with van der Waals surface area (Å²) in [4.78, 5) is 14.7. The molecule has 0 aliphatic carbocycles. The maximum atomic E-state index is 5.11. The molecule has 3 nitrogen and oxygen atoms in total. The molecule has 8 aromatic rings. The summed E-state index contributed by atoms with van der Waals surface area (Å²) in [6, 6.07) is 46.9. The molecule has 0 aliphatic heterocycles. The van der Waals surface area contributed by atoms with Gasteiger partial charge in [0, 0.05) is 29.1 Å². The number of pyridine rings is 1. The molecule has 43 heavy (non-hydrogen) atoms. The molecule has 0 spiro atoms. The summed E-state index contributed by atoms with van der Waals surface area (Å²) in [6.07, 6.45) is 3.89. The fraction of sp³-hybridized carbons (Fsp3) is 0.0250. The number of benzene rings is 6. The highest BCUT2D eigenvalue weighted by Gasteiger charge is 2.18. The Morgan fingerprint density at radius 3 is 1.37 bits per heavy atom. The average molecular weight is 550 g/mol. The lowest BCUT2D eigenvalue weighted by molar-refractivity contribution is 1.27. The molecule has 8 rings (SSSR count). The lowest BCUT2D eigenvalue weighted by Gasteiger charge is -2.18. The number of hydrogen-bond donors (Lipinski definition) is 0. The second kappa shape index (κ2) is 10.3. The zero-order valence-electron chi connectivity index (χ0n) is 23.7. The van der Waals surface area contributed by atoms with Crippen LogP contribution in [-0.4, -0.2) is 15.0 Å². The fourth-order valence-electron chi connectivity index (χ4n) is 6.24. The van der Waals surface area contributed by atoms with Crippen LogP contribution >= 0.6 is 0 Å². The second-order valence-corrected chi connectivity index (χ2v) is 10.9. The Hall–Kier alpha value is -5.67. The van der Waals surface area contributed by atoms with Gasteiger partial charge in [0.1, 0.15) is 0 Å². The summed E-state index contributed by atoms with van der Waals surface area (Å²) in [6.45, 7) is 2.10. The SMILES string of the molecule is Cc1cncc(-c2c3ccccc3c(-c3ccc(-c4nc5ccccc5nc4-c4ccccc4)cc3)c3ccccc23)c1. The number of aromatic nitrogens is 3. The molecule has 0 aliphatic rings. The Balaban J connectivity index is 1.34. The van der Waals surface area contributed by atoms with Gasteiger partial charge in [0.05, 0.1) is 22.4 Å². The van der Waals surface area contributed by atoms with Crippen LogP contribution in [0.4, 0.5) is 0 Å². The molecule has 0 fully saturated rings. The Morgan fingerprint density at radius 1 is 0.395 bits per heavy atom. The molecular weight excluding hydrogens is 522 g/mol. The van der Waals surface area contributed by atoms with E-state index in [-0.39, 0.29) is 0 Å². The normalized spacial score (nSPS) is 11.4. The summed E-state index contributed by atoms with van der Waals surface area (Å²) in [5.41, 5.74) is 11.6. The van der Waals surface area contributed by atoms with Gasteiger partial charge in [-0.15, -0.1) is 0 Å². The van der Waals surface area contributed by atoms with Gasteiger partial charge in [-0.05, 0) is 68.9 Å². The van der Waals surface area contributed by atoms with Crippen molar-refractivity contribution in [1.82, 2.24) is 15.0 Å². The van der Waals surface area contributed by atoms with E-state index in [1.807, 2.05) is 54.9 Å². The number of hydrogen-bond acceptors (Lipinski definition) is 3. The molecule has 202 valence electrons. The molecule has 0 saturated heterocycles. The Morgan fingerprint density at radius 2 is 0.837 bits per heavy atom. The summed E-state index contributed by atoms with van der Waals surface area (Å²) >= 11 is 0. The average Bonchev–Trinajstić information content (AvgIpc) is 3.07. The van der Waals surface area contributed by atoms with Crippen LogP contribution in [-0.2, 0) is 0 Å². The van der Waals surface area contributed by atoms with Crippen molar-refractivity contribution in [2.24, 2.45) is 0 Å². The van der Waals surface area contributed by atoms with E-state index in [0.717, 1.165) is 44.7 Å². The van der Waals surface area contributed by atoms with E-state index in [1.165, 1.54) is 38.2 Å². The van der Waals surface area contributed by atoms with Crippen LogP contribution in [0.15, 0.2) is 146 Å². The van der Waals surface area contributed by atoms with Gasteiger partial charge in [0.25, 0.3) is 0 Å². The minimum Gasteiger partial charge on any atom is -0.264 e. The molecule has 6 aromatic carbocycles. The molecule has 2 aromatic heterocycles. The van der Waals surface area contributed by atoms with Crippen molar-refractivity contribution in [2.75, 3.05) is 0 Å². The summed E-state index contributed by atoms with van der Waals surface area (Å²) < 4.78 is 0. The Kier molecular flexibility index (Phi) is 6.01. The number of para-hydroxylation sites is 2. The van der Waals surface area contributed by atoms with Gasteiger partial charge in [0.15, 0.2) is 0 Å². The minimum absolute atomic E-state index is 0.883. The third kappa shape index (κ3) is 4.34. The molecule has 0 unspecified atom stereocenters. The first-order valence-corrected chi connectivity index (χ1v) is 14.5. The number of fused-ring (bicyclic) bond motifs is 3. The summed E-state index contributed by atoms with van der Waals surface area (Å²) in [5, 5.41) is 4.89. The number of rotatable bonds is 4.